The van der Waals surface area contributed by atoms with Crippen molar-refractivity contribution in [3.05, 3.63) is 77.7 Å². The predicted molar refractivity (Wildman–Crippen MR) is 157 cm³/mol. The van der Waals surface area contributed by atoms with Gasteiger partial charge in [0.15, 0.2) is 16.7 Å². The maximum Gasteiger partial charge on any atom is 0.259 e. The second kappa shape index (κ2) is 12.1. The van der Waals surface area contributed by atoms with Crippen LogP contribution in [0.3, 0.4) is 0 Å². The van der Waals surface area contributed by atoms with Gasteiger partial charge in [-0.2, -0.15) is 0 Å². The maximum absolute atomic E-state index is 13.6. The van der Waals surface area contributed by atoms with Gasteiger partial charge in [0.2, 0.25) is 18.6 Å². The van der Waals surface area contributed by atoms with Crippen molar-refractivity contribution in [1.29, 1.82) is 0 Å². The highest BCUT2D eigenvalue weighted by molar-refractivity contribution is 8.15. The zero-order chi connectivity index (χ0) is 29.1. The lowest BCUT2D eigenvalue weighted by Crippen LogP contribution is -2.43. The van der Waals surface area contributed by atoms with Gasteiger partial charge in [0.25, 0.3) is 5.91 Å². The van der Waals surface area contributed by atoms with Crippen molar-refractivity contribution in [3.8, 4) is 11.5 Å². The van der Waals surface area contributed by atoms with Gasteiger partial charge in [-0.25, -0.2) is 9.89 Å². The number of carbonyl (C=O) groups excluding carboxylic acids is 3. The van der Waals surface area contributed by atoms with E-state index in [0.29, 0.717) is 46.9 Å². The van der Waals surface area contributed by atoms with E-state index in [1.807, 2.05) is 49.4 Å². The molecule has 3 aliphatic rings. The Hall–Kier alpha value is -4.58. The Morgan fingerprint density at radius 2 is 1.93 bits per heavy atom. The molecule has 2 aromatic carbocycles. The Kier molecular flexibility index (Phi) is 7.95. The first-order valence-electron chi connectivity index (χ1n) is 13.7. The Balaban J connectivity index is 1.11. The molecule has 2 unspecified atom stereocenters. The van der Waals surface area contributed by atoms with Gasteiger partial charge in [-0.05, 0) is 54.8 Å². The van der Waals surface area contributed by atoms with Crippen molar-refractivity contribution >= 4 is 46.2 Å². The van der Waals surface area contributed by atoms with E-state index in [4.69, 9.17) is 23.9 Å². The third-order valence-corrected chi connectivity index (χ3v) is 8.36. The zero-order valence-corrected chi connectivity index (χ0v) is 23.7. The molecule has 2 N–H and O–H groups in total. The van der Waals surface area contributed by atoms with Gasteiger partial charge in [-0.1, -0.05) is 36.9 Å². The number of aliphatic imine (C=N–C) groups is 2. The SMILES string of the molecule is CCC(SC1=Nc2ccccc2C2=NC(CCC(=O)NCc3ccc4c(c3)OCO4)C(=O)N12)C(=O)NCc1ccco1. The van der Waals surface area contributed by atoms with Crippen molar-refractivity contribution in [1.82, 2.24) is 15.5 Å². The molecule has 2 atom stereocenters. The molecular formula is C30H29N5O6S. The number of para-hydroxylation sites is 1. The lowest BCUT2D eigenvalue weighted by atomic mass is 10.1. The molecule has 1 aromatic heterocycles. The highest BCUT2D eigenvalue weighted by Gasteiger charge is 2.42. The number of carbonyl (C=O) groups is 3. The van der Waals surface area contributed by atoms with E-state index in [0.717, 1.165) is 11.1 Å². The smallest absolute Gasteiger partial charge is 0.259 e. The van der Waals surface area contributed by atoms with Crippen LogP contribution < -0.4 is 20.1 Å². The molecule has 4 heterocycles. The lowest BCUT2D eigenvalue weighted by Gasteiger charge is -2.27. The second-order valence-corrected chi connectivity index (χ2v) is 11.0. The first-order chi connectivity index (χ1) is 20.5. The second-order valence-electron chi connectivity index (χ2n) is 9.87. The molecule has 6 rings (SSSR count). The van der Waals surface area contributed by atoms with E-state index in [1.165, 1.54) is 16.7 Å². The first-order valence-corrected chi connectivity index (χ1v) is 14.6. The molecule has 0 fully saturated rings. The summed E-state index contributed by atoms with van der Waals surface area (Å²) in [4.78, 5) is 50.3. The standard InChI is InChI=1S/C30H29N5O6S/c1-2-25(28(37)32-16-19-6-5-13-39-19)42-30-34-21-8-4-3-7-20(21)27-33-22(29(38)35(27)30)10-12-26(36)31-15-18-9-11-23-24(14-18)41-17-40-23/h3-9,11,13-14,22,25H,2,10,12,15-17H2,1H3,(H,31,36)(H,32,37). The van der Waals surface area contributed by atoms with Crippen molar-refractivity contribution in [3.63, 3.8) is 0 Å². The quantitative estimate of drug-likeness (QED) is 0.368. The summed E-state index contributed by atoms with van der Waals surface area (Å²) < 4.78 is 16.0. The largest absolute Gasteiger partial charge is 0.467 e. The summed E-state index contributed by atoms with van der Waals surface area (Å²) in [7, 11) is 0. The van der Waals surface area contributed by atoms with Gasteiger partial charge >= 0.3 is 0 Å². The van der Waals surface area contributed by atoms with Crippen LogP contribution in [0.5, 0.6) is 11.5 Å². The van der Waals surface area contributed by atoms with Crippen LogP contribution in [-0.2, 0) is 27.5 Å². The summed E-state index contributed by atoms with van der Waals surface area (Å²) in [5, 5.41) is 5.70. The fraction of sp³-hybridized carbons (Fsp3) is 0.300. The number of rotatable bonds is 10. The van der Waals surface area contributed by atoms with Crippen molar-refractivity contribution < 1.29 is 28.3 Å². The molecule has 0 spiro atoms. The molecule has 42 heavy (non-hydrogen) atoms. The fourth-order valence-corrected chi connectivity index (χ4v) is 5.87. The van der Waals surface area contributed by atoms with Crippen LogP contribution in [0.1, 0.15) is 43.1 Å². The average Bonchev–Trinajstić information content (AvgIpc) is 3.77. The van der Waals surface area contributed by atoms with Crippen molar-refractivity contribution in [2.45, 2.75) is 50.6 Å². The van der Waals surface area contributed by atoms with Gasteiger partial charge in [0, 0.05) is 18.5 Å². The van der Waals surface area contributed by atoms with E-state index in [1.54, 1.807) is 18.4 Å². The number of furan rings is 1. The van der Waals surface area contributed by atoms with Gasteiger partial charge in [-0.3, -0.25) is 19.4 Å². The molecule has 0 saturated heterocycles. The highest BCUT2D eigenvalue weighted by Crippen LogP contribution is 2.36. The molecule has 3 aromatic rings. The number of nitrogens with zero attached hydrogens (tertiary/aromatic N) is 3. The summed E-state index contributed by atoms with van der Waals surface area (Å²) in [5.41, 5.74) is 2.30. The van der Waals surface area contributed by atoms with Gasteiger partial charge in [0.1, 0.15) is 17.6 Å². The molecule has 216 valence electrons. The first kappa shape index (κ1) is 27.6. The number of ether oxygens (including phenoxy) is 2. The van der Waals surface area contributed by atoms with Gasteiger partial charge in [-0.15, -0.1) is 0 Å². The molecule has 3 aliphatic heterocycles. The number of amidine groups is 2. The Morgan fingerprint density at radius 1 is 1.07 bits per heavy atom. The number of benzene rings is 2. The minimum Gasteiger partial charge on any atom is -0.467 e. The summed E-state index contributed by atoms with van der Waals surface area (Å²) in [6.45, 7) is 2.70. The lowest BCUT2D eigenvalue weighted by molar-refractivity contribution is -0.125. The van der Waals surface area contributed by atoms with Gasteiger partial charge in [0.05, 0.1) is 23.7 Å². The van der Waals surface area contributed by atoms with Crippen LogP contribution in [0, 0.1) is 0 Å². The number of amides is 3. The normalized spacial score (nSPS) is 17.2. The van der Waals surface area contributed by atoms with Crippen LogP contribution in [0.15, 0.2) is 75.3 Å². The molecule has 0 radical (unpaired) electrons. The molecule has 11 nitrogen and oxygen atoms in total. The third-order valence-electron chi connectivity index (χ3n) is 7.05. The van der Waals surface area contributed by atoms with Crippen LogP contribution >= 0.6 is 11.8 Å². The highest BCUT2D eigenvalue weighted by atomic mass is 32.2. The van der Waals surface area contributed by atoms with Gasteiger partial charge < -0.3 is 24.5 Å². The maximum atomic E-state index is 13.6. The Labute approximate surface area is 246 Å². The molecule has 0 bridgehead atoms. The molecular weight excluding hydrogens is 558 g/mol. The number of hydrogen-bond donors (Lipinski definition) is 2. The molecule has 0 aliphatic carbocycles. The number of nitrogens with one attached hydrogen (secondary N) is 2. The minimum atomic E-state index is -0.735. The Morgan fingerprint density at radius 3 is 2.76 bits per heavy atom. The fourth-order valence-electron chi connectivity index (χ4n) is 4.83. The Bertz CT molecular complexity index is 1570. The monoisotopic (exact) mass is 587 g/mol. The van der Waals surface area contributed by atoms with Crippen LogP contribution in [-0.4, -0.2) is 51.7 Å². The van der Waals surface area contributed by atoms with Crippen LogP contribution in [0.2, 0.25) is 0 Å². The van der Waals surface area contributed by atoms with Crippen molar-refractivity contribution in [2.24, 2.45) is 9.98 Å². The average molecular weight is 588 g/mol. The van der Waals surface area contributed by atoms with Crippen LogP contribution in [0.25, 0.3) is 0 Å². The molecule has 12 heteroatoms. The summed E-state index contributed by atoms with van der Waals surface area (Å²) >= 11 is 1.23. The van der Waals surface area contributed by atoms with E-state index in [-0.39, 0.29) is 43.9 Å². The molecule has 3 amide bonds. The summed E-state index contributed by atoms with van der Waals surface area (Å²) in [5.74, 6) is 1.85. The van der Waals surface area contributed by atoms with E-state index >= 15 is 0 Å². The predicted octanol–water partition coefficient (Wildman–Crippen LogP) is 3.89. The topological polar surface area (TPSA) is 135 Å². The third kappa shape index (κ3) is 5.75. The number of fused-ring (bicyclic) bond motifs is 4. The molecule has 0 saturated carbocycles. The summed E-state index contributed by atoms with van der Waals surface area (Å²) in [6.07, 6.45) is 2.45. The van der Waals surface area contributed by atoms with E-state index in [9.17, 15) is 14.4 Å². The van der Waals surface area contributed by atoms with Crippen LogP contribution in [0.4, 0.5) is 5.69 Å². The zero-order valence-electron chi connectivity index (χ0n) is 22.9. The number of hydrogen-bond acceptors (Lipinski definition) is 9. The minimum absolute atomic E-state index is 0.125. The van der Waals surface area contributed by atoms with E-state index < -0.39 is 11.3 Å². The summed E-state index contributed by atoms with van der Waals surface area (Å²) in [6, 6.07) is 15.8. The van der Waals surface area contributed by atoms with E-state index in [2.05, 4.69) is 10.6 Å². The number of thioether (sulfide) groups is 1. The van der Waals surface area contributed by atoms with Crippen molar-refractivity contribution in [2.75, 3.05) is 6.79 Å².